The van der Waals surface area contributed by atoms with Gasteiger partial charge in [0.25, 0.3) is 11.6 Å². The second-order valence-corrected chi connectivity index (χ2v) is 5.86. The van der Waals surface area contributed by atoms with Gasteiger partial charge in [-0.05, 0) is 38.1 Å². The third kappa shape index (κ3) is 4.54. The number of nitrogens with one attached hydrogen (secondary N) is 1. The van der Waals surface area contributed by atoms with E-state index in [1.54, 1.807) is 0 Å². The molecule has 0 fully saturated rings. The summed E-state index contributed by atoms with van der Waals surface area (Å²) in [4.78, 5) is 34.5. The zero-order valence-electron chi connectivity index (χ0n) is 13.8. The molecule has 0 bridgehead atoms. The number of benzene rings is 2. The molecule has 0 radical (unpaired) electrons. The van der Waals surface area contributed by atoms with Gasteiger partial charge < -0.3 is 10.1 Å². The molecule has 1 amide bonds. The van der Waals surface area contributed by atoms with Gasteiger partial charge in [-0.1, -0.05) is 17.7 Å². The summed E-state index contributed by atoms with van der Waals surface area (Å²) in [6.07, 6.45) is -1.25. The summed E-state index contributed by atoms with van der Waals surface area (Å²) in [5.41, 5.74) is -0.0387. The van der Waals surface area contributed by atoms with E-state index in [0.29, 0.717) is 5.56 Å². The Balaban J connectivity index is 2.07. The van der Waals surface area contributed by atoms with Crippen molar-refractivity contribution in [1.29, 1.82) is 0 Å². The highest BCUT2D eigenvalue weighted by Gasteiger charge is 2.22. The maximum absolute atomic E-state index is 13.7. The van der Waals surface area contributed by atoms with Gasteiger partial charge in [0.2, 0.25) is 0 Å². The fourth-order valence-corrected chi connectivity index (χ4v) is 2.20. The summed E-state index contributed by atoms with van der Waals surface area (Å²) in [6, 6.07) is 7.52. The van der Waals surface area contributed by atoms with E-state index in [4.69, 9.17) is 16.3 Å². The smallest absolute Gasteiger partial charge is 0.339 e. The van der Waals surface area contributed by atoms with Crippen molar-refractivity contribution in [2.24, 2.45) is 0 Å². The molecule has 0 aliphatic heterocycles. The Morgan fingerprint density at radius 3 is 2.58 bits per heavy atom. The number of carbonyl (C=O) groups is 2. The number of esters is 1. The van der Waals surface area contributed by atoms with E-state index >= 15 is 0 Å². The molecule has 1 N–H and O–H groups in total. The summed E-state index contributed by atoms with van der Waals surface area (Å²) in [5, 5.41) is 13.4. The Morgan fingerprint density at radius 2 is 1.96 bits per heavy atom. The van der Waals surface area contributed by atoms with Crippen molar-refractivity contribution >= 4 is 34.9 Å². The first-order valence-electron chi connectivity index (χ1n) is 7.41. The normalized spacial score (nSPS) is 11.5. The number of ether oxygens (including phenoxy) is 1. The summed E-state index contributed by atoms with van der Waals surface area (Å²) >= 11 is 5.63. The van der Waals surface area contributed by atoms with Crippen molar-refractivity contribution in [1.82, 2.24) is 0 Å². The molecule has 26 heavy (non-hydrogen) atoms. The fraction of sp³-hybridized carbons (Fsp3) is 0.176. The van der Waals surface area contributed by atoms with Crippen LogP contribution in [0.15, 0.2) is 36.4 Å². The molecular formula is C17H14ClFN2O5. The predicted molar refractivity (Wildman–Crippen MR) is 92.8 cm³/mol. The summed E-state index contributed by atoms with van der Waals surface area (Å²) < 4.78 is 18.7. The summed E-state index contributed by atoms with van der Waals surface area (Å²) in [5.74, 6) is -2.41. The number of amides is 1. The Labute approximate surface area is 152 Å². The molecule has 0 heterocycles. The summed E-state index contributed by atoms with van der Waals surface area (Å²) in [7, 11) is 0. The number of halogens is 2. The van der Waals surface area contributed by atoms with Gasteiger partial charge in [0.05, 0.1) is 16.2 Å². The van der Waals surface area contributed by atoms with Gasteiger partial charge in [0.15, 0.2) is 6.10 Å². The van der Waals surface area contributed by atoms with Crippen LogP contribution in [0.5, 0.6) is 0 Å². The van der Waals surface area contributed by atoms with E-state index in [0.717, 1.165) is 12.1 Å². The number of nitro benzene ring substituents is 1. The Hall–Kier alpha value is -3.00. The fourth-order valence-electron chi connectivity index (χ4n) is 2.04. The highest BCUT2D eigenvalue weighted by molar-refractivity contribution is 6.30. The molecule has 2 aromatic carbocycles. The van der Waals surface area contributed by atoms with Crippen LogP contribution in [0.2, 0.25) is 5.02 Å². The molecule has 7 nitrogen and oxygen atoms in total. The molecule has 2 rings (SSSR count). The van der Waals surface area contributed by atoms with Gasteiger partial charge in [-0.25, -0.2) is 9.18 Å². The molecule has 0 saturated heterocycles. The van der Waals surface area contributed by atoms with Crippen LogP contribution in [0.3, 0.4) is 0 Å². The van der Waals surface area contributed by atoms with Gasteiger partial charge in [0.1, 0.15) is 5.82 Å². The number of nitrogens with zero attached hydrogens (tertiary/aromatic N) is 1. The van der Waals surface area contributed by atoms with Gasteiger partial charge in [-0.3, -0.25) is 14.9 Å². The number of hydrogen-bond acceptors (Lipinski definition) is 5. The van der Waals surface area contributed by atoms with Crippen LogP contribution in [0.1, 0.15) is 22.8 Å². The maximum atomic E-state index is 13.7. The monoisotopic (exact) mass is 380 g/mol. The van der Waals surface area contributed by atoms with Crippen molar-refractivity contribution < 1.29 is 23.6 Å². The van der Waals surface area contributed by atoms with Crippen molar-refractivity contribution in [3.05, 3.63) is 68.5 Å². The lowest BCUT2D eigenvalue weighted by Gasteiger charge is -2.14. The lowest BCUT2D eigenvalue weighted by atomic mass is 10.1. The lowest BCUT2D eigenvalue weighted by Crippen LogP contribution is -2.30. The molecule has 1 atom stereocenters. The van der Waals surface area contributed by atoms with Crippen LogP contribution in [-0.2, 0) is 9.53 Å². The number of nitro groups is 1. The SMILES string of the molecule is Cc1ccc(C(=O)O[C@@H](C)C(=O)Nc2ccc(Cl)cc2F)cc1[N+](=O)[O-]. The minimum atomic E-state index is -1.25. The Morgan fingerprint density at radius 1 is 1.27 bits per heavy atom. The molecule has 0 spiro atoms. The van der Waals surface area contributed by atoms with Crippen molar-refractivity contribution in [3.63, 3.8) is 0 Å². The van der Waals surface area contributed by atoms with E-state index in [-0.39, 0.29) is 22.0 Å². The van der Waals surface area contributed by atoms with Gasteiger partial charge in [0, 0.05) is 16.7 Å². The predicted octanol–water partition coefficient (Wildman–Crippen LogP) is 3.88. The average molecular weight is 381 g/mol. The maximum Gasteiger partial charge on any atom is 0.339 e. The van der Waals surface area contributed by atoms with Crippen molar-refractivity contribution in [2.75, 3.05) is 5.32 Å². The van der Waals surface area contributed by atoms with E-state index in [9.17, 15) is 24.1 Å². The third-order valence-corrected chi connectivity index (χ3v) is 3.72. The second kappa shape index (κ2) is 7.92. The number of aryl methyl sites for hydroxylation is 1. The highest BCUT2D eigenvalue weighted by atomic mass is 35.5. The van der Waals surface area contributed by atoms with Crippen LogP contribution < -0.4 is 5.32 Å². The largest absolute Gasteiger partial charge is 0.449 e. The standard InChI is InChI=1S/C17H14ClFN2O5/c1-9-3-4-11(7-15(9)21(24)25)17(23)26-10(2)16(22)20-14-6-5-12(18)8-13(14)19/h3-8,10H,1-2H3,(H,20,22)/t10-/m0/s1. The molecule has 136 valence electrons. The molecule has 9 heteroatoms. The minimum absolute atomic E-state index is 0.0698. The Bertz CT molecular complexity index is 887. The first-order valence-corrected chi connectivity index (χ1v) is 7.78. The molecule has 0 aliphatic carbocycles. The van der Waals surface area contributed by atoms with E-state index in [2.05, 4.69) is 5.32 Å². The van der Waals surface area contributed by atoms with Crippen LogP contribution in [0.4, 0.5) is 15.8 Å². The second-order valence-electron chi connectivity index (χ2n) is 5.42. The topological polar surface area (TPSA) is 98.5 Å². The van der Waals surface area contributed by atoms with E-state index < -0.39 is 28.7 Å². The van der Waals surface area contributed by atoms with Crippen molar-refractivity contribution in [2.45, 2.75) is 20.0 Å². The molecule has 0 unspecified atom stereocenters. The molecule has 2 aromatic rings. The van der Waals surface area contributed by atoms with Gasteiger partial charge in [-0.2, -0.15) is 0 Å². The summed E-state index contributed by atoms with van der Waals surface area (Å²) in [6.45, 7) is 2.83. The third-order valence-electron chi connectivity index (χ3n) is 3.48. The first kappa shape index (κ1) is 19.3. The number of anilines is 1. The number of carbonyl (C=O) groups excluding carboxylic acids is 2. The number of hydrogen-bond donors (Lipinski definition) is 1. The van der Waals surface area contributed by atoms with Crippen LogP contribution >= 0.6 is 11.6 Å². The zero-order chi connectivity index (χ0) is 19.4. The highest BCUT2D eigenvalue weighted by Crippen LogP contribution is 2.21. The molecule has 0 aliphatic rings. The van der Waals surface area contributed by atoms with E-state index in [1.165, 1.54) is 38.1 Å². The average Bonchev–Trinajstić information content (AvgIpc) is 2.57. The van der Waals surface area contributed by atoms with Crippen LogP contribution in [-0.4, -0.2) is 22.9 Å². The molecular weight excluding hydrogens is 367 g/mol. The lowest BCUT2D eigenvalue weighted by molar-refractivity contribution is -0.385. The Kier molecular flexibility index (Phi) is 5.89. The van der Waals surface area contributed by atoms with Crippen LogP contribution in [0, 0.1) is 22.9 Å². The zero-order valence-corrected chi connectivity index (χ0v) is 14.5. The van der Waals surface area contributed by atoms with E-state index in [1.807, 2.05) is 0 Å². The van der Waals surface area contributed by atoms with Gasteiger partial charge >= 0.3 is 5.97 Å². The molecule has 0 saturated carbocycles. The van der Waals surface area contributed by atoms with Crippen molar-refractivity contribution in [3.8, 4) is 0 Å². The van der Waals surface area contributed by atoms with Gasteiger partial charge in [-0.15, -0.1) is 0 Å². The molecule has 0 aromatic heterocycles. The number of rotatable bonds is 5. The minimum Gasteiger partial charge on any atom is -0.449 e. The first-order chi connectivity index (χ1) is 12.2. The quantitative estimate of drug-likeness (QED) is 0.482. The van der Waals surface area contributed by atoms with Crippen LogP contribution in [0.25, 0.3) is 0 Å².